The number of para-hydroxylation sites is 1. The molecule has 0 aliphatic carbocycles. The van der Waals surface area contributed by atoms with Crippen LogP contribution in [0.25, 0.3) is 0 Å². The molecule has 0 aliphatic heterocycles. The lowest BCUT2D eigenvalue weighted by atomic mass is 10.1. The van der Waals surface area contributed by atoms with E-state index in [0.29, 0.717) is 17.1 Å². The van der Waals surface area contributed by atoms with Crippen LogP contribution in [-0.4, -0.2) is 0 Å². The Bertz CT molecular complexity index is 535. The average Bonchev–Trinajstić information content (AvgIpc) is 2.29. The fraction of sp³-hybridized carbons (Fsp3) is 0.0769. The Morgan fingerprint density at radius 2 is 1.88 bits per heavy atom. The van der Waals surface area contributed by atoms with Crippen molar-refractivity contribution in [2.45, 2.75) is 6.92 Å². The smallest absolute Gasteiger partial charge is 0.165 e. The first-order chi connectivity index (χ1) is 8.09. The number of anilines is 3. The Balaban J connectivity index is 2.42. The Kier molecular flexibility index (Phi) is 3.20. The van der Waals surface area contributed by atoms with Crippen LogP contribution in [-0.2, 0) is 0 Å². The molecule has 0 aliphatic rings. The minimum Gasteiger partial charge on any atom is -0.397 e. The lowest BCUT2D eigenvalue weighted by molar-refractivity contribution is 0.632. The van der Waals surface area contributed by atoms with E-state index in [9.17, 15) is 4.39 Å². The van der Waals surface area contributed by atoms with Gasteiger partial charge in [-0.05, 0) is 30.7 Å². The second-order valence-electron chi connectivity index (χ2n) is 3.77. The second-order valence-corrected chi connectivity index (χ2v) is 4.17. The first-order valence-electron chi connectivity index (χ1n) is 5.15. The van der Waals surface area contributed by atoms with Gasteiger partial charge in [0.1, 0.15) is 0 Å². The highest BCUT2D eigenvalue weighted by Gasteiger charge is 2.09. The number of nitrogens with one attached hydrogen (secondary N) is 1. The number of benzene rings is 2. The predicted octanol–water partition coefficient (Wildman–Crippen LogP) is 4.11. The topological polar surface area (TPSA) is 38.0 Å². The minimum atomic E-state index is -0.475. The Labute approximate surface area is 104 Å². The van der Waals surface area contributed by atoms with Gasteiger partial charge in [-0.2, -0.15) is 0 Å². The number of hydrogen-bond donors (Lipinski definition) is 2. The molecule has 3 N–H and O–H groups in total. The number of nitrogens with two attached hydrogens (primary N) is 1. The summed E-state index contributed by atoms with van der Waals surface area (Å²) in [6.07, 6.45) is 0. The van der Waals surface area contributed by atoms with E-state index in [1.54, 1.807) is 18.2 Å². The second kappa shape index (κ2) is 4.63. The van der Waals surface area contributed by atoms with Crippen molar-refractivity contribution in [1.82, 2.24) is 0 Å². The summed E-state index contributed by atoms with van der Waals surface area (Å²) >= 11 is 5.71. The molecule has 0 saturated heterocycles. The summed E-state index contributed by atoms with van der Waals surface area (Å²) < 4.78 is 13.7. The third-order valence-corrected chi connectivity index (χ3v) is 2.81. The van der Waals surface area contributed by atoms with Crippen LogP contribution >= 0.6 is 11.6 Å². The number of hydrogen-bond acceptors (Lipinski definition) is 2. The van der Waals surface area contributed by atoms with Crippen molar-refractivity contribution in [3.05, 3.63) is 52.8 Å². The zero-order valence-electron chi connectivity index (χ0n) is 9.30. The van der Waals surface area contributed by atoms with E-state index in [1.807, 2.05) is 19.1 Å². The van der Waals surface area contributed by atoms with Gasteiger partial charge in [-0.25, -0.2) is 4.39 Å². The SMILES string of the molecule is Cc1cccc(N)c1Nc1cccc(Cl)c1F. The molecule has 0 atom stereocenters. The number of rotatable bonds is 2. The molecule has 2 rings (SSSR count). The van der Waals surface area contributed by atoms with E-state index in [-0.39, 0.29) is 5.02 Å². The van der Waals surface area contributed by atoms with Crippen molar-refractivity contribution >= 4 is 28.7 Å². The van der Waals surface area contributed by atoms with Gasteiger partial charge in [-0.15, -0.1) is 0 Å². The van der Waals surface area contributed by atoms with Crippen molar-refractivity contribution < 1.29 is 4.39 Å². The van der Waals surface area contributed by atoms with Gasteiger partial charge in [0.15, 0.2) is 5.82 Å². The van der Waals surface area contributed by atoms with Crippen LogP contribution in [0.2, 0.25) is 5.02 Å². The third-order valence-electron chi connectivity index (χ3n) is 2.52. The van der Waals surface area contributed by atoms with Crippen LogP contribution < -0.4 is 11.1 Å². The predicted molar refractivity (Wildman–Crippen MR) is 70.3 cm³/mol. The van der Waals surface area contributed by atoms with Crippen molar-refractivity contribution in [3.8, 4) is 0 Å². The van der Waals surface area contributed by atoms with Crippen LogP contribution in [0.1, 0.15) is 5.56 Å². The van der Waals surface area contributed by atoms with Crippen LogP contribution in [0.3, 0.4) is 0 Å². The van der Waals surface area contributed by atoms with E-state index in [2.05, 4.69) is 5.32 Å². The summed E-state index contributed by atoms with van der Waals surface area (Å²) in [5.41, 5.74) is 8.38. The van der Waals surface area contributed by atoms with E-state index in [4.69, 9.17) is 17.3 Å². The van der Waals surface area contributed by atoms with Crippen molar-refractivity contribution in [2.24, 2.45) is 0 Å². The van der Waals surface area contributed by atoms with Crippen LogP contribution in [0.15, 0.2) is 36.4 Å². The van der Waals surface area contributed by atoms with Gasteiger partial charge < -0.3 is 11.1 Å². The van der Waals surface area contributed by atoms with Crippen molar-refractivity contribution in [1.29, 1.82) is 0 Å². The summed E-state index contributed by atoms with van der Waals surface area (Å²) in [6.45, 7) is 1.90. The normalized spacial score (nSPS) is 10.3. The van der Waals surface area contributed by atoms with Crippen LogP contribution in [0.4, 0.5) is 21.5 Å². The fourth-order valence-corrected chi connectivity index (χ4v) is 1.77. The molecule has 0 spiro atoms. The van der Waals surface area contributed by atoms with Crippen molar-refractivity contribution in [3.63, 3.8) is 0 Å². The molecule has 17 heavy (non-hydrogen) atoms. The molecule has 0 radical (unpaired) electrons. The lowest BCUT2D eigenvalue weighted by Crippen LogP contribution is -2.00. The van der Waals surface area contributed by atoms with Gasteiger partial charge >= 0.3 is 0 Å². The van der Waals surface area contributed by atoms with Gasteiger partial charge in [0.25, 0.3) is 0 Å². The molecule has 88 valence electrons. The largest absolute Gasteiger partial charge is 0.397 e. The van der Waals surface area contributed by atoms with E-state index >= 15 is 0 Å². The minimum absolute atomic E-state index is 0.0853. The molecule has 0 fully saturated rings. The lowest BCUT2D eigenvalue weighted by Gasteiger charge is -2.13. The number of nitrogen functional groups attached to an aromatic ring is 1. The Morgan fingerprint density at radius 3 is 2.59 bits per heavy atom. The highest BCUT2D eigenvalue weighted by Crippen LogP contribution is 2.30. The number of halogens is 2. The van der Waals surface area contributed by atoms with Crippen molar-refractivity contribution in [2.75, 3.05) is 11.1 Å². The van der Waals surface area contributed by atoms with Gasteiger partial charge in [-0.1, -0.05) is 29.8 Å². The first kappa shape index (κ1) is 11.7. The van der Waals surface area contributed by atoms with E-state index < -0.39 is 5.82 Å². The standard InChI is InChI=1S/C13H12ClFN2/c1-8-4-2-6-10(16)13(8)17-11-7-3-5-9(14)12(11)15/h2-7,17H,16H2,1H3. The molecule has 2 aromatic carbocycles. The Hall–Kier alpha value is -1.74. The summed E-state index contributed by atoms with van der Waals surface area (Å²) in [5.74, 6) is -0.475. The monoisotopic (exact) mass is 250 g/mol. The molecule has 0 bridgehead atoms. The molecule has 0 saturated carbocycles. The van der Waals surface area contributed by atoms with E-state index in [1.165, 1.54) is 6.07 Å². The molecule has 0 heterocycles. The Morgan fingerprint density at radius 1 is 1.18 bits per heavy atom. The summed E-state index contributed by atoms with van der Waals surface area (Å²) in [6, 6.07) is 10.3. The molecular formula is C13H12ClFN2. The summed E-state index contributed by atoms with van der Waals surface area (Å²) in [5, 5.41) is 3.05. The summed E-state index contributed by atoms with van der Waals surface area (Å²) in [4.78, 5) is 0. The molecule has 2 nitrogen and oxygen atoms in total. The van der Waals surface area contributed by atoms with Crippen LogP contribution in [0.5, 0.6) is 0 Å². The van der Waals surface area contributed by atoms with Gasteiger partial charge in [0.2, 0.25) is 0 Å². The van der Waals surface area contributed by atoms with E-state index in [0.717, 1.165) is 5.56 Å². The molecule has 0 unspecified atom stereocenters. The fourth-order valence-electron chi connectivity index (χ4n) is 1.60. The molecule has 4 heteroatoms. The molecule has 2 aromatic rings. The van der Waals surface area contributed by atoms with Gasteiger partial charge in [-0.3, -0.25) is 0 Å². The zero-order chi connectivity index (χ0) is 12.4. The molecule has 0 amide bonds. The zero-order valence-corrected chi connectivity index (χ0v) is 10.1. The maximum absolute atomic E-state index is 13.7. The highest BCUT2D eigenvalue weighted by molar-refractivity contribution is 6.31. The average molecular weight is 251 g/mol. The third kappa shape index (κ3) is 2.34. The number of aryl methyl sites for hydroxylation is 1. The molecule has 0 aromatic heterocycles. The van der Waals surface area contributed by atoms with Gasteiger partial charge in [0, 0.05) is 0 Å². The van der Waals surface area contributed by atoms with Crippen LogP contribution in [0, 0.1) is 12.7 Å². The highest BCUT2D eigenvalue weighted by atomic mass is 35.5. The first-order valence-corrected chi connectivity index (χ1v) is 5.53. The van der Waals surface area contributed by atoms with Gasteiger partial charge in [0.05, 0.1) is 22.1 Å². The molecular weight excluding hydrogens is 239 g/mol. The maximum atomic E-state index is 13.7. The quantitative estimate of drug-likeness (QED) is 0.787. The maximum Gasteiger partial charge on any atom is 0.165 e. The summed E-state index contributed by atoms with van der Waals surface area (Å²) in [7, 11) is 0.